The Hall–Kier alpha value is -3.13. The molecule has 4 aromatic rings. The highest BCUT2D eigenvalue weighted by atomic mass is 32.1. The van der Waals surface area contributed by atoms with Crippen LogP contribution in [0.15, 0.2) is 53.7 Å². The van der Waals surface area contributed by atoms with Crippen LogP contribution in [0.25, 0.3) is 16.2 Å². The number of aryl methyl sites for hydroxylation is 1. The fraction of sp³-hybridized carbons (Fsp3) is 0.167. The summed E-state index contributed by atoms with van der Waals surface area (Å²) in [5.41, 5.74) is 6.58. The van der Waals surface area contributed by atoms with Gasteiger partial charge in [-0.05, 0) is 36.1 Å². The van der Waals surface area contributed by atoms with Crippen LogP contribution in [0.2, 0.25) is 0 Å². The number of aromatic nitrogens is 4. The van der Waals surface area contributed by atoms with Gasteiger partial charge >= 0.3 is 0 Å². The molecule has 1 aliphatic carbocycles. The SMILES string of the molecule is O=NC1CCc2cc(Nc3c(-c4cncs4)nc4cnccn34)ccc21. The van der Waals surface area contributed by atoms with Gasteiger partial charge in [0.2, 0.25) is 0 Å². The number of fused-ring (bicyclic) bond motifs is 2. The van der Waals surface area contributed by atoms with E-state index in [1.165, 1.54) is 5.56 Å². The number of rotatable bonds is 4. The Balaban J connectivity index is 1.60. The quantitative estimate of drug-likeness (QED) is 0.546. The number of hydrogen-bond acceptors (Lipinski definition) is 7. The van der Waals surface area contributed by atoms with Crippen LogP contribution in [-0.4, -0.2) is 19.4 Å². The minimum atomic E-state index is -0.214. The fourth-order valence-electron chi connectivity index (χ4n) is 3.45. The molecule has 1 unspecified atom stereocenters. The van der Waals surface area contributed by atoms with Crippen molar-refractivity contribution in [1.82, 2.24) is 19.4 Å². The van der Waals surface area contributed by atoms with E-state index in [1.54, 1.807) is 29.2 Å². The summed E-state index contributed by atoms with van der Waals surface area (Å²) in [4.78, 5) is 25.0. The highest BCUT2D eigenvalue weighted by Gasteiger charge is 2.23. The molecule has 0 radical (unpaired) electrons. The van der Waals surface area contributed by atoms with E-state index in [-0.39, 0.29) is 6.04 Å². The molecule has 7 nitrogen and oxygen atoms in total. The van der Waals surface area contributed by atoms with Crippen LogP contribution in [0.4, 0.5) is 11.5 Å². The van der Waals surface area contributed by atoms with Crippen LogP contribution < -0.4 is 5.32 Å². The third-order valence-electron chi connectivity index (χ3n) is 4.67. The normalized spacial score (nSPS) is 15.9. The molecule has 8 heteroatoms. The number of nitrogens with zero attached hydrogens (tertiary/aromatic N) is 5. The second-order valence-electron chi connectivity index (χ2n) is 6.18. The number of nitrogens with one attached hydrogen (secondary N) is 1. The topological polar surface area (TPSA) is 84.5 Å². The van der Waals surface area contributed by atoms with E-state index in [2.05, 4.69) is 26.5 Å². The minimum Gasteiger partial charge on any atom is -0.339 e. The summed E-state index contributed by atoms with van der Waals surface area (Å²) in [5.74, 6) is 0.870. The molecule has 1 N–H and O–H groups in total. The lowest BCUT2D eigenvalue weighted by Gasteiger charge is -2.10. The maximum atomic E-state index is 10.9. The van der Waals surface area contributed by atoms with Gasteiger partial charge in [-0.15, -0.1) is 11.3 Å². The second-order valence-corrected chi connectivity index (χ2v) is 7.06. The Kier molecular flexibility index (Phi) is 3.49. The Morgan fingerprint density at radius 2 is 2.23 bits per heavy atom. The van der Waals surface area contributed by atoms with E-state index in [0.717, 1.165) is 46.1 Å². The lowest BCUT2D eigenvalue weighted by Crippen LogP contribution is -1.98. The minimum absolute atomic E-state index is 0.214. The first-order chi connectivity index (χ1) is 12.8. The lowest BCUT2D eigenvalue weighted by molar-refractivity contribution is 0.710. The predicted molar refractivity (Wildman–Crippen MR) is 101 cm³/mol. The van der Waals surface area contributed by atoms with Gasteiger partial charge in [0.25, 0.3) is 0 Å². The van der Waals surface area contributed by atoms with Gasteiger partial charge in [-0.1, -0.05) is 11.2 Å². The molecule has 3 aromatic heterocycles. The van der Waals surface area contributed by atoms with Gasteiger partial charge in [0.15, 0.2) is 5.65 Å². The predicted octanol–water partition coefficient (Wildman–Crippen LogP) is 4.35. The van der Waals surface area contributed by atoms with E-state index >= 15 is 0 Å². The summed E-state index contributed by atoms with van der Waals surface area (Å²) >= 11 is 1.54. The number of benzene rings is 1. The van der Waals surface area contributed by atoms with Crippen molar-refractivity contribution >= 4 is 28.5 Å². The first kappa shape index (κ1) is 15.2. The molecule has 5 rings (SSSR count). The van der Waals surface area contributed by atoms with Crippen molar-refractivity contribution < 1.29 is 0 Å². The molecule has 0 bridgehead atoms. The summed E-state index contributed by atoms with van der Waals surface area (Å²) in [5, 5.41) is 6.72. The monoisotopic (exact) mass is 362 g/mol. The Bertz CT molecular complexity index is 1100. The molecule has 0 fully saturated rings. The van der Waals surface area contributed by atoms with Crippen molar-refractivity contribution in [1.29, 1.82) is 0 Å². The molecule has 0 saturated carbocycles. The van der Waals surface area contributed by atoms with E-state index in [4.69, 9.17) is 4.98 Å². The summed E-state index contributed by atoms with van der Waals surface area (Å²) < 4.78 is 1.98. The van der Waals surface area contributed by atoms with Gasteiger partial charge in [0, 0.05) is 24.3 Å². The second kappa shape index (κ2) is 5.99. The van der Waals surface area contributed by atoms with Crippen molar-refractivity contribution in [3.8, 4) is 10.6 Å². The first-order valence-corrected chi connectivity index (χ1v) is 9.14. The molecular formula is C18H14N6OS. The third kappa shape index (κ3) is 2.38. The van der Waals surface area contributed by atoms with E-state index in [1.807, 2.05) is 28.9 Å². The lowest BCUT2D eigenvalue weighted by atomic mass is 10.1. The number of nitroso groups, excluding NO2 is 1. The molecule has 0 saturated heterocycles. The molecule has 0 aliphatic heterocycles. The summed E-state index contributed by atoms with van der Waals surface area (Å²) in [6, 6.07) is 5.86. The molecule has 1 aliphatic rings. The van der Waals surface area contributed by atoms with Crippen LogP contribution in [0.5, 0.6) is 0 Å². The maximum absolute atomic E-state index is 10.9. The van der Waals surface area contributed by atoms with Crippen molar-refractivity contribution in [2.75, 3.05) is 5.32 Å². The van der Waals surface area contributed by atoms with E-state index < -0.39 is 0 Å². The number of thiazole rings is 1. The average molecular weight is 362 g/mol. The smallest absolute Gasteiger partial charge is 0.157 e. The van der Waals surface area contributed by atoms with Gasteiger partial charge in [-0.3, -0.25) is 14.4 Å². The van der Waals surface area contributed by atoms with Crippen molar-refractivity contribution in [3.05, 3.63) is 64.5 Å². The summed E-state index contributed by atoms with van der Waals surface area (Å²) in [6.07, 6.45) is 8.83. The summed E-state index contributed by atoms with van der Waals surface area (Å²) in [7, 11) is 0. The van der Waals surface area contributed by atoms with Crippen LogP contribution in [0.1, 0.15) is 23.6 Å². The van der Waals surface area contributed by atoms with E-state index in [0.29, 0.717) is 0 Å². The molecule has 26 heavy (non-hydrogen) atoms. The Morgan fingerprint density at radius 3 is 3.08 bits per heavy atom. The average Bonchev–Trinajstić information content (AvgIpc) is 3.40. The molecule has 3 heterocycles. The highest BCUT2D eigenvalue weighted by molar-refractivity contribution is 7.13. The van der Waals surface area contributed by atoms with Crippen molar-refractivity contribution in [2.45, 2.75) is 18.9 Å². The highest BCUT2D eigenvalue weighted by Crippen LogP contribution is 2.37. The van der Waals surface area contributed by atoms with Crippen LogP contribution in [0, 0.1) is 4.91 Å². The van der Waals surface area contributed by atoms with Gasteiger partial charge in [0.05, 0.1) is 16.6 Å². The maximum Gasteiger partial charge on any atom is 0.157 e. The Labute approximate surface area is 152 Å². The fourth-order valence-corrected chi connectivity index (χ4v) is 4.06. The van der Waals surface area contributed by atoms with Crippen LogP contribution in [0.3, 0.4) is 0 Å². The third-order valence-corrected chi connectivity index (χ3v) is 5.45. The molecule has 0 spiro atoms. The zero-order valence-electron chi connectivity index (χ0n) is 13.7. The number of hydrogen-bond donors (Lipinski definition) is 1. The van der Waals surface area contributed by atoms with E-state index in [9.17, 15) is 4.91 Å². The van der Waals surface area contributed by atoms with Crippen molar-refractivity contribution in [3.63, 3.8) is 0 Å². The molecule has 0 amide bonds. The van der Waals surface area contributed by atoms with Gasteiger partial charge < -0.3 is 5.32 Å². The largest absolute Gasteiger partial charge is 0.339 e. The first-order valence-electron chi connectivity index (χ1n) is 8.27. The number of anilines is 2. The standard InChI is InChI=1S/C18H14N6OS/c25-23-14-4-1-11-7-12(2-3-13(11)14)21-18-17(15-8-20-10-26-15)22-16-9-19-5-6-24(16)18/h2-3,5-10,14,21H,1,4H2. The summed E-state index contributed by atoms with van der Waals surface area (Å²) in [6.45, 7) is 0. The molecular weight excluding hydrogens is 348 g/mol. The van der Waals surface area contributed by atoms with Gasteiger partial charge in [-0.25, -0.2) is 4.98 Å². The number of imidazole rings is 1. The van der Waals surface area contributed by atoms with Crippen molar-refractivity contribution in [2.24, 2.45) is 5.18 Å². The van der Waals surface area contributed by atoms with Gasteiger partial charge in [-0.2, -0.15) is 4.91 Å². The zero-order valence-corrected chi connectivity index (χ0v) is 14.5. The molecule has 1 aromatic carbocycles. The van der Waals surface area contributed by atoms with Crippen LogP contribution in [-0.2, 0) is 6.42 Å². The molecule has 128 valence electrons. The zero-order chi connectivity index (χ0) is 17.5. The molecule has 1 atom stereocenters. The van der Waals surface area contributed by atoms with Gasteiger partial charge in [0.1, 0.15) is 17.6 Å². The van der Waals surface area contributed by atoms with Crippen LogP contribution >= 0.6 is 11.3 Å². The Morgan fingerprint density at radius 1 is 1.27 bits per heavy atom.